The Bertz CT molecular complexity index is 1180. The third kappa shape index (κ3) is 4.50. The Morgan fingerprint density at radius 2 is 2.06 bits per heavy atom. The molecular weight excluding hydrogens is 442 g/mol. The van der Waals surface area contributed by atoms with E-state index in [1.807, 2.05) is 4.90 Å². The van der Waals surface area contributed by atoms with Crippen LogP contribution in [0.2, 0.25) is 0 Å². The lowest BCUT2D eigenvalue weighted by Gasteiger charge is -2.39. The van der Waals surface area contributed by atoms with Gasteiger partial charge in [0.2, 0.25) is 0 Å². The Morgan fingerprint density at radius 3 is 2.65 bits per heavy atom. The second-order valence-electron chi connectivity index (χ2n) is 8.12. The van der Waals surface area contributed by atoms with Crippen LogP contribution < -0.4 is 16.3 Å². The Hall–Kier alpha value is -4.12. The number of rotatable bonds is 4. The van der Waals surface area contributed by atoms with E-state index in [2.05, 4.69) is 21.5 Å². The summed E-state index contributed by atoms with van der Waals surface area (Å²) in [5, 5.41) is 31.6. The maximum Gasteiger partial charge on any atom is 0.357 e. The van der Waals surface area contributed by atoms with E-state index in [1.54, 1.807) is 26.1 Å². The Morgan fingerprint density at radius 1 is 1.38 bits per heavy atom. The largest absolute Gasteiger partial charge is 0.857 e. The second-order valence-corrected chi connectivity index (χ2v) is 8.12. The van der Waals surface area contributed by atoms with Crippen LogP contribution in [0, 0.1) is 35.5 Å². The third-order valence-electron chi connectivity index (χ3n) is 5.87. The molecule has 2 aliphatic rings. The fourth-order valence-corrected chi connectivity index (χ4v) is 3.88. The first-order valence-corrected chi connectivity index (χ1v) is 10.5. The lowest BCUT2D eigenvalue weighted by molar-refractivity contribution is -0.335. The number of alkyl halides is 2. The van der Waals surface area contributed by atoms with Crippen LogP contribution in [0.25, 0.3) is 0 Å². The first kappa shape index (κ1) is 24.5. The van der Waals surface area contributed by atoms with E-state index in [9.17, 15) is 13.9 Å². The Kier molecular flexibility index (Phi) is 6.78. The Labute approximate surface area is 196 Å². The summed E-state index contributed by atoms with van der Waals surface area (Å²) in [7, 11) is 3.09. The lowest BCUT2D eigenvalue weighted by Crippen LogP contribution is -2.51. The van der Waals surface area contributed by atoms with E-state index < -0.39 is 17.8 Å². The number of nitrogens with two attached hydrogens (primary N) is 1. The van der Waals surface area contributed by atoms with Crippen molar-refractivity contribution in [3.05, 3.63) is 58.1 Å². The van der Waals surface area contributed by atoms with Crippen molar-refractivity contribution >= 4 is 11.7 Å². The second kappa shape index (κ2) is 9.40. The maximum atomic E-state index is 14.1. The molecule has 0 saturated carbocycles. The van der Waals surface area contributed by atoms with Gasteiger partial charge in [0.05, 0.1) is 23.7 Å². The van der Waals surface area contributed by atoms with Gasteiger partial charge in [0.1, 0.15) is 17.7 Å². The number of hydrogen-bond acceptors (Lipinski definition) is 7. The highest BCUT2D eigenvalue weighted by atomic mass is 19.3. The molecule has 34 heavy (non-hydrogen) atoms. The van der Waals surface area contributed by atoms with Gasteiger partial charge in [0.25, 0.3) is 0 Å². The van der Waals surface area contributed by atoms with Gasteiger partial charge >= 0.3 is 5.92 Å². The number of halogens is 2. The minimum Gasteiger partial charge on any atom is -0.857 e. The van der Waals surface area contributed by atoms with Crippen LogP contribution in [-0.4, -0.2) is 48.8 Å². The van der Waals surface area contributed by atoms with Crippen molar-refractivity contribution in [2.45, 2.75) is 25.8 Å². The molecule has 1 atom stereocenters. The van der Waals surface area contributed by atoms with Gasteiger partial charge in [-0.1, -0.05) is 18.2 Å². The summed E-state index contributed by atoms with van der Waals surface area (Å²) in [6.07, 6.45) is 1.62. The van der Waals surface area contributed by atoms with Gasteiger partial charge in [-0.2, -0.15) is 19.3 Å². The van der Waals surface area contributed by atoms with Crippen molar-refractivity contribution in [2.24, 2.45) is 21.6 Å². The van der Waals surface area contributed by atoms with Crippen LogP contribution in [0.15, 0.2) is 51.4 Å². The number of nitrogens with zero attached hydrogens (tertiary/aromatic N) is 6. The van der Waals surface area contributed by atoms with E-state index in [0.29, 0.717) is 30.1 Å². The predicted octanol–water partition coefficient (Wildman–Crippen LogP) is 1.42. The van der Waals surface area contributed by atoms with Gasteiger partial charge in [-0.25, -0.2) is 0 Å². The molecule has 0 aliphatic carbocycles. The van der Waals surface area contributed by atoms with Crippen molar-refractivity contribution in [3.8, 4) is 12.1 Å². The number of nitrogens with one attached hydrogen (secondary N) is 1. The van der Waals surface area contributed by atoms with E-state index >= 15 is 0 Å². The molecule has 178 valence electrons. The van der Waals surface area contributed by atoms with E-state index in [4.69, 9.17) is 16.3 Å². The quantitative estimate of drug-likeness (QED) is 0.504. The van der Waals surface area contributed by atoms with Gasteiger partial charge in [-0.15, -0.1) is 0 Å². The Balaban J connectivity index is 2.03. The van der Waals surface area contributed by atoms with Gasteiger partial charge in [0.15, 0.2) is 0 Å². The van der Waals surface area contributed by atoms with Crippen molar-refractivity contribution in [2.75, 3.05) is 27.2 Å². The van der Waals surface area contributed by atoms with Crippen LogP contribution in [-0.2, 0) is 5.92 Å². The molecule has 9 nitrogen and oxygen atoms in total. The summed E-state index contributed by atoms with van der Waals surface area (Å²) < 4.78 is 28.2. The maximum absolute atomic E-state index is 14.1. The minimum absolute atomic E-state index is 0.0489. The van der Waals surface area contributed by atoms with Crippen LogP contribution in [0.4, 0.5) is 8.78 Å². The topological polar surface area (TPSA) is 140 Å². The molecule has 11 heteroatoms. The first-order chi connectivity index (χ1) is 16.0. The summed E-state index contributed by atoms with van der Waals surface area (Å²) in [5.41, 5.74) is 9.67. The van der Waals surface area contributed by atoms with Crippen LogP contribution in [0.1, 0.15) is 29.7 Å². The highest BCUT2D eigenvalue weighted by molar-refractivity contribution is 6.09. The standard InChI is InChI=1S/C23H26F2N8O/c1-13-16(6-5-7-18(13)23(24,25)12-27)14(2)30-21-17(20(28)22(34)32(4)31-21)8-19(29-3)33-10-15(9-26)11-33/h5-8,14-15,34H,10-11,28H2,1-4H3,(H,30,31)/p-1/b17-8+,29-19?/t14-/m1/s1. The summed E-state index contributed by atoms with van der Waals surface area (Å²) in [5.74, 6) is -3.38. The summed E-state index contributed by atoms with van der Waals surface area (Å²) in [6.45, 7) is 4.26. The van der Waals surface area contributed by atoms with E-state index in [1.165, 1.54) is 31.1 Å². The molecule has 3 N–H and O–H groups in total. The molecule has 1 aromatic rings. The molecule has 0 aromatic heterocycles. The van der Waals surface area contributed by atoms with Crippen molar-refractivity contribution in [1.29, 1.82) is 10.5 Å². The number of aliphatic imine (C=N–C) groups is 2. The molecule has 1 saturated heterocycles. The normalized spacial score (nSPS) is 20.6. The van der Waals surface area contributed by atoms with Crippen LogP contribution >= 0.6 is 0 Å². The molecule has 3 rings (SSSR count). The molecule has 2 heterocycles. The van der Waals surface area contributed by atoms with Crippen molar-refractivity contribution in [3.63, 3.8) is 0 Å². The van der Waals surface area contributed by atoms with Gasteiger partial charge in [-0.3, -0.25) is 15.4 Å². The number of hydrogen-bond donors (Lipinski definition) is 2. The minimum atomic E-state index is -3.63. The zero-order chi connectivity index (χ0) is 25.2. The first-order valence-electron chi connectivity index (χ1n) is 10.5. The summed E-state index contributed by atoms with van der Waals surface area (Å²) in [4.78, 5) is 10.8. The lowest BCUT2D eigenvalue weighted by atomic mass is 9.94. The fraction of sp³-hybridized carbons (Fsp3) is 0.391. The van der Waals surface area contributed by atoms with Gasteiger partial charge in [-0.05, 0) is 31.1 Å². The van der Waals surface area contributed by atoms with E-state index in [-0.39, 0.29) is 28.6 Å². The molecule has 2 aliphatic heterocycles. The van der Waals surface area contributed by atoms with Crippen molar-refractivity contribution < 1.29 is 13.9 Å². The molecule has 1 aromatic carbocycles. The highest BCUT2D eigenvalue weighted by Gasteiger charge is 2.34. The van der Waals surface area contributed by atoms with Gasteiger partial charge in [0, 0.05) is 44.2 Å². The monoisotopic (exact) mass is 467 g/mol. The van der Waals surface area contributed by atoms with Crippen LogP contribution in [0.3, 0.4) is 0 Å². The molecule has 0 radical (unpaired) electrons. The SMILES string of the molecule is CN=C(/C=C1/C(=N[C@H](C)c2cccc(C(F)(F)C#N)c2C)NN(C)C([O-])=C1N)N1CC(C#N)C1. The van der Waals surface area contributed by atoms with E-state index in [0.717, 1.165) is 6.07 Å². The highest BCUT2D eigenvalue weighted by Crippen LogP contribution is 2.34. The van der Waals surface area contributed by atoms with Crippen LogP contribution in [0.5, 0.6) is 0 Å². The number of hydrazine groups is 1. The average Bonchev–Trinajstić information content (AvgIpc) is 2.78. The zero-order valence-corrected chi connectivity index (χ0v) is 19.3. The molecule has 1 fully saturated rings. The molecule has 0 amide bonds. The molecular formula is C23H25F2N8O-. The number of likely N-dealkylation sites (tertiary alicyclic amines) is 1. The molecule has 0 spiro atoms. The molecule has 0 unspecified atom stereocenters. The zero-order valence-electron chi connectivity index (χ0n) is 19.3. The number of nitriles is 2. The fourth-order valence-electron chi connectivity index (χ4n) is 3.88. The third-order valence-corrected chi connectivity index (χ3v) is 5.87. The average molecular weight is 468 g/mol. The molecule has 0 bridgehead atoms. The number of benzene rings is 1. The summed E-state index contributed by atoms with van der Waals surface area (Å²) >= 11 is 0. The summed E-state index contributed by atoms with van der Waals surface area (Å²) in [6, 6.07) is 6.96. The van der Waals surface area contributed by atoms with Crippen molar-refractivity contribution in [1.82, 2.24) is 15.3 Å². The number of amidine groups is 2. The smallest absolute Gasteiger partial charge is 0.357 e. The predicted molar refractivity (Wildman–Crippen MR) is 121 cm³/mol. The van der Waals surface area contributed by atoms with Gasteiger partial charge < -0.3 is 20.7 Å².